The molecule has 0 saturated carbocycles. The van der Waals surface area contributed by atoms with Crippen LogP contribution in [0.4, 0.5) is 0 Å². The van der Waals surface area contributed by atoms with Gasteiger partial charge in [0.2, 0.25) is 0 Å². The highest BCUT2D eigenvalue weighted by Gasteiger charge is 2.22. The summed E-state index contributed by atoms with van der Waals surface area (Å²) in [6.45, 7) is 1.64. The first-order valence-corrected chi connectivity index (χ1v) is 10.1. The molecule has 0 radical (unpaired) electrons. The van der Waals surface area contributed by atoms with Crippen LogP contribution in [-0.2, 0) is 0 Å². The molecule has 1 saturated heterocycles. The number of carbonyl (C=O) groups excluding carboxylic acids is 1. The second-order valence-electron chi connectivity index (χ2n) is 6.77. The van der Waals surface area contributed by atoms with E-state index in [9.17, 15) is 4.79 Å². The Labute approximate surface area is 158 Å². The highest BCUT2D eigenvalue weighted by atomic mass is 32.1. The van der Waals surface area contributed by atoms with E-state index in [0.29, 0.717) is 11.5 Å². The van der Waals surface area contributed by atoms with Crippen LogP contribution in [0.5, 0.6) is 0 Å². The van der Waals surface area contributed by atoms with Crippen molar-refractivity contribution in [1.29, 1.82) is 0 Å². The maximum atomic E-state index is 12.9. The van der Waals surface area contributed by atoms with Crippen molar-refractivity contribution in [2.75, 3.05) is 13.1 Å². The molecule has 2 aromatic heterocycles. The number of hydrogen-bond acceptors (Lipinski definition) is 3. The number of rotatable bonds is 3. The Morgan fingerprint density at radius 3 is 2.65 bits per heavy atom. The predicted molar refractivity (Wildman–Crippen MR) is 106 cm³/mol. The van der Waals surface area contributed by atoms with E-state index in [2.05, 4.69) is 40.7 Å². The van der Waals surface area contributed by atoms with E-state index in [-0.39, 0.29) is 5.91 Å². The fourth-order valence-electron chi connectivity index (χ4n) is 3.64. The lowest BCUT2D eigenvalue weighted by molar-refractivity contribution is 0.0760. The number of hydrogen-bond donors (Lipinski definition) is 0. The molecule has 3 heterocycles. The normalized spacial score (nSPS) is 17.7. The average molecular weight is 362 g/mol. The molecule has 1 atom stereocenters. The van der Waals surface area contributed by atoms with Crippen molar-refractivity contribution in [2.45, 2.75) is 25.2 Å². The van der Waals surface area contributed by atoms with Gasteiger partial charge in [0.15, 0.2) is 0 Å². The zero-order valence-corrected chi connectivity index (χ0v) is 15.5. The number of thiophene rings is 1. The molecule has 1 aliphatic rings. The van der Waals surface area contributed by atoms with Gasteiger partial charge in [0, 0.05) is 30.2 Å². The summed E-state index contributed by atoms with van der Waals surface area (Å²) in [6, 6.07) is 16.6. The Morgan fingerprint density at radius 1 is 1.04 bits per heavy atom. The SMILES string of the molecule is O=C(c1ccc(-c2ccsc2)nc1)N1CCC[C@H](c2ccccc2)CC1. The monoisotopic (exact) mass is 362 g/mol. The Bertz CT molecular complexity index is 844. The van der Waals surface area contributed by atoms with E-state index < -0.39 is 0 Å². The van der Waals surface area contributed by atoms with Gasteiger partial charge in [-0.2, -0.15) is 11.3 Å². The van der Waals surface area contributed by atoms with Gasteiger partial charge in [-0.05, 0) is 54.3 Å². The van der Waals surface area contributed by atoms with E-state index in [1.807, 2.05) is 28.5 Å². The largest absolute Gasteiger partial charge is 0.339 e. The number of nitrogens with zero attached hydrogens (tertiary/aromatic N) is 2. The summed E-state index contributed by atoms with van der Waals surface area (Å²) in [5.41, 5.74) is 4.10. The van der Waals surface area contributed by atoms with Crippen molar-refractivity contribution >= 4 is 17.2 Å². The van der Waals surface area contributed by atoms with Crippen LogP contribution in [0.1, 0.15) is 41.1 Å². The van der Waals surface area contributed by atoms with Gasteiger partial charge < -0.3 is 4.90 Å². The average Bonchev–Trinajstić information content (AvgIpc) is 3.13. The standard InChI is InChI=1S/C22H22N2OS/c25-22(19-8-9-21(23-15-19)20-11-14-26-16-20)24-12-4-7-18(10-13-24)17-5-2-1-3-6-17/h1-3,5-6,8-9,11,14-16,18H,4,7,10,12-13H2/t18-/m0/s1. The predicted octanol–water partition coefficient (Wildman–Crippen LogP) is 5.22. The molecule has 3 nitrogen and oxygen atoms in total. The molecule has 132 valence electrons. The summed E-state index contributed by atoms with van der Waals surface area (Å²) in [5.74, 6) is 0.649. The number of carbonyl (C=O) groups is 1. The Hall–Kier alpha value is -2.46. The van der Waals surface area contributed by atoms with Gasteiger partial charge >= 0.3 is 0 Å². The van der Waals surface area contributed by atoms with Crippen molar-refractivity contribution in [2.24, 2.45) is 0 Å². The number of benzene rings is 1. The molecule has 0 aliphatic carbocycles. The molecule has 0 N–H and O–H groups in total. The topological polar surface area (TPSA) is 33.2 Å². The summed E-state index contributed by atoms with van der Waals surface area (Å²) in [5, 5.41) is 4.11. The molecule has 0 bridgehead atoms. The fraction of sp³-hybridized carbons (Fsp3) is 0.273. The molecule has 0 spiro atoms. The zero-order chi connectivity index (χ0) is 17.8. The third-order valence-electron chi connectivity index (χ3n) is 5.11. The molecule has 4 heteroatoms. The van der Waals surface area contributed by atoms with Gasteiger partial charge in [-0.15, -0.1) is 0 Å². The lowest BCUT2D eigenvalue weighted by Gasteiger charge is -2.21. The van der Waals surface area contributed by atoms with Crippen LogP contribution in [0.3, 0.4) is 0 Å². The lowest BCUT2D eigenvalue weighted by atomic mass is 9.92. The minimum Gasteiger partial charge on any atom is -0.339 e. The molecule has 1 fully saturated rings. The van der Waals surface area contributed by atoms with Crippen LogP contribution < -0.4 is 0 Å². The number of likely N-dealkylation sites (tertiary alicyclic amines) is 1. The lowest BCUT2D eigenvalue weighted by Crippen LogP contribution is -2.32. The van der Waals surface area contributed by atoms with Crippen molar-refractivity contribution in [1.82, 2.24) is 9.88 Å². The molecule has 1 aromatic carbocycles. The Kier molecular flexibility index (Phi) is 5.12. The van der Waals surface area contributed by atoms with Gasteiger partial charge in [0.1, 0.15) is 0 Å². The maximum Gasteiger partial charge on any atom is 0.255 e. The quantitative estimate of drug-likeness (QED) is 0.640. The molecule has 1 aliphatic heterocycles. The first kappa shape index (κ1) is 17.0. The second kappa shape index (κ2) is 7.83. The molecular formula is C22H22N2OS. The van der Waals surface area contributed by atoms with E-state index in [1.54, 1.807) is 17.5 Å². The van der Waals surface area contributed by atoms with Crippen LogP contribution in [0.15, 0.2) is 65.5 Å². The van der Waals surface area contributed by atoms with Crippen LogP contribution in [0, 0.1) is 0 Å². The van der Waals surface area contributed by atoms with E-state index in [0.717, 1.165) is 43.6 Å². The summed E-state index contributed by atoms with van der Waals surface area (Å²) in [6.07, 6.45) is 4.93. The molecule has 26 heavy (non-hydrogen) atoms. The minimum atomic E-state index is 0.100. The second-order valence-corrected chi connectivity index (χ2v) is 7.55. The summed E-state index contributed by atoms with van der Waals surface area (Å²) in [7, 11) is 0. The van der Waals surface area contributed by atoms with E-state index in [1.165, 1.54) is 5.56 Å². The summed E-state index contributed by atoms with van der Waals surface area (Å²) < 4.78 is 0. The third-order valence-corrected chi connectivity index (χ3v) is 5.80. The maximum absolute atomic E-state index is 12.9. The summed E-state index contributed by atoms with van der Waals surface area (Å²) in [4.78, 5) is 19.4. The van der Waals surface area contributed by atoms with Gasteiger partial charge in [-0.25, -0.2) is 0 Å². The van der Waals surface area contributed by atoms with Crippen molar-refractivity contribution in [3.05, 3.63) is 76.6 Å². The van der Waals surface area contributed by atoms with Crippen LogP contribution in [0.25, 0.3) is 11.3 Å². The van der Waals surface area contributed by atoms with E-state index in [4.69, 9.17) is 0 Å². The first-order chi connectivity index (χ1) is 12.8. The third kappa shape index (κ3) is 3.70. The molecule has 3 aromatic rings. The van der Waals surface area contributed by atoms with Crippen molar-refractivity contribution < 1.29 is 4.79 Å². The van der Waals surface area contributed by atoms with Crippen LogP contribution >= 0.6 is 11.3 Å². The first-order valence-electron chi connectivity index (χ1n) is 9.14. The molecule has 4 rings (SSSR count). The number of pyridine rings is 1. The van der Waals surface area contributed by atoms with Crippen molar-refractivity contribution in [3.8, 4) is 11.3 Å². The summed E-state index contributed by atoms with van der Waals surface area (Å²) >= 11 is 1.65. The van der Waals surface area contributed by atoms with Crippen LogP contribution in [0.2, 0.25) is 0 Å². The van der Waals surface area contributed by atoms with Gasteiger partial charge in [0.05, 0.1) is 11.3 Å². The molecule has 1 amide bonds. The van der Waals surface area contributed by atoms with Gasteiger partial charge in [-0.1, -0.05) is 30.3 Å². The smallest absolute Gasteiger partial charge is 0.255 e. The molecule has 0 unspecified atom stereocenters. The van der Waals surface area contributed by atoms with Crippen LogP contribution in [-0.4, -0.2) is 28.9 Å². The molecular weight excluding hydrogens is 340 g/mol. The Morgan fingerprint density at radius 2 is 1.92 bits per heavy atom. The minimum absolute atomic E-state index is 0.100. The fourth-order valence-corrected chi connectivity index (χ4v) is 4.29. The highest BCUT2D eigenvalue weighted by Crippen LogP contribution is 2.28. The Balaban J connectivity index is 1.43. The number of aromatic nitrogens is 1. The van der Waals surface area contributed by atoms with Gasteiger partial charge in [0.25, 0.3) is 5.91 Å². The van der Waals surface area contributed by atoms with Crippen molar-refractivity contribution in [3.63, 3.8) is 0 Å². The number of amides is 1. The highest BCUT2D eigenvalue weighted by molar-refractivity contribution is 7.08. The van der Waals surface area contributed by atoms with Gasteiger partial charge in [-0.3, -0.25) is 9.78 Å². The zero-order valence-electron chi connectivity index (χ0n) is 14.7. The van der Waals surface area contributed by atoms with E-state index >= 15 is 0 Å².